The molecule has 82 valence electrons. The molecule has 0 saturated heterocycles. The molecule has 0 amide bonds. The average molecular weight is 198 g/mol. The molecule has 0 fully saturated rings. The molecule has 0 spiro atoms. The number of unbranched alkanes of at least 4 members (excludes halogenated alkanes) is 3. The zero-order chi connectivity index (χ0) is 10.6. The fraction of sp³-hybridized carbons (Fsp3) is 0.750. The second-order valence-electron chi connectivity index (χ2n) is 3.61. The van der Waals surface area contributed by atoms with Gasteiger partial charge in [0.25, 0.3) is 0 Å². The maximum absolute atomic E-state index is 9.96. The molecule has 0 aliphatic heterocycles. The standard InChI is InChI=1S/C7H14O2.C5H8/c1-2-3-4-5-6-7(8)9;1-2-4-5-3-1/h2-6H2,1H3,(H,8,9);1-2H,3-5H2. The van der Waals surface area contributed by atoms with Crippen molar-refractivity contribution in [3.8, 4) is 0 Å². The smallest absolute Gasteiger partial charge is 0.303 e. The van der Waals surface area contributed by atoms with Crippen LogP contribution in [0.4, 0.5) is 0 Å². The lowest BCUT2D eigenvalue weighted by atomic mass is 10.2. The maximum atomic E-state index is 9.96. The van der Waals surface area contributed by atoms with Crippen molar-refractivity contribution in [1.29, 1.82) is 0 Å². The molecule has 0 aromatic heterocycles. The van der Waals surface area contributed by atoms with Crippen molar-refractivity contribution >= 4 is 5.97 Å². The van der Waals surface area contributed by atoms with Crippen molar-refractivity contribution in [2.24, 2.45) is 0 Å². The fourth-order valence-corrected chi connectivity index (χ4v) is 1.29. The number of hydrogen-bond donors (Lipinski definition) is 1. The Morgan fingerprint density at radius 1 is 1.21 bits per heavy atom. The zero-order valence-corrected chi connectivity index (χ0v) is 9.17. The summed E-state index contributed by atoms with van der Waals surface area (Å²) in [6.07, 6.45) is 13.1. The van der Waals surface area contributed by atoms with E-state index in [0.717, 1.165) is 19.3 Å². The third-order valence-electron chi connectivity index (χ3n) is 2.15. The van der Waals surface area contributed by atoms with Gasteiger partial charge in [0.2, 0.25) is 0 Å². The molecule has 2 nitrogen and oxygen atoms in total. The van der Waals surface area contributed by atoms with Gasteiger partial charge in [-0.3, -0.25) is 4.79 Å². The summed E-state index contributed by atoms with van der Waals surface area (Å²) >= 11 is 0. The molecule has 0 aromatic carbocycles. The maximum Gasteiger partial charge on any atom is 0.303 e. The van der Waals surface area contributed by atoms with Gasteiger partial charge in [0.1, 0.15) is 0 Å². The fourth-order valence-electron chi connectivity index (χ4n) is 1.29. The van der Waals surface area contributed by atoms with Crippen LogP contribution < -0.4 is 0 Å². The Kier molecular flexibility index (Phi) is 9.71. The van der Waals surface area contributed by atoms with E-state index in [-0.39, 0.29) is 0 Å². The first-order chi connectivity index (χ1) is 6.77. The Bertz CT molecular complexity index is 156. The van der Waals surface area contributed by atoms with Crippen LogP contribution in [0.2, 0.25) is 0 Å². The Labute approximate surface area is 87.0 Å². The predicted molar refractivity (Wildman–Crippen MR) is 59.4 cm³/mol. The van der Waals surface area contributed by atoms with Gasteiger partial charge in [-0.2, -0.15) is 0 Å². The van der Waals surface area contributed by atoms with E-state index in [1.807, 2.05) is 0 Å². The summed E-state index contributed by atoms with van der Waals surface area (Å²) in [5.74, 6) is -0.675. The number of carboxylic acid groups (broad SMARTS) is 1. The number of aliphatic carboxylic acids is 1. The normalized spacial score (nSPS) is 13.5. The summed E-state index contributed by atoms with van der Waals surface area (Å²) in [6.45, 7) is 2.11. The van der Waals surface area contributed by atoms with Crippen molar-refractivity contribution < 1.29 is 9.90 Å². The van der Waals surface area contributed by atoms with Crippen LogP contribution in [-0.2, 0) is 4.79 Å². The van der Waals surface area contributed by atoms with Crippen molar-refractivity contribution in [1.82, 2.24) is 0 Å². The van der Waals surface area contributed by atoms with Crippen LogP contribution in [0.1, 0.15) is 58.3 Å². The minimum Gasteiger partial charge on any atom is -0.481 e. The van der Waals surface area contributed by atoms with Crippen molar-refractivity contribution in [2.45, 2.75) is 58.3 Å². The van der Waals surface area contributed by atoms with Crippen LogP contribution in [-0.4, -0.2) is 11.1 Å². The molecule has 0 atom stereocenters. The second-order valence-corrected chi connectivity index (χ2v) is 3.61. The van der Waals surface area contributed by atoms with Crippen LogP contribution >= 0.6 is 0 Å². The summed E-state index contributed by atoms with van der Waals surface area (Å²) in [5, 5.41) is 8.21. The molecule has 0 bridgehead atoms. The van der Waals surface area contributed by atoms with Gasteiger partial charge in [-0.05, 0) is 25.7 Å². The van der Waals surface area contributed by atoms with Gasteiger partial charge in [-0.25, -0.2) is 0 Å². The largest absolute Gasteiger partial charge is 0.481 e. The first-order valence-electron chi connectivity index (χ1n) is 5.64. The molecule has 0 aromatic rings. The SMILES string of the molecule is C1=CCCC1.CCCCCCC(=O)O. The highest BCUT2D eigenvalue weighted by Crippen LogP contribution is 2.05. The highest BCUT2D eigenvalue weighted by atomic mass is 16.4. The van der Waals surface area contributed by atoms with Crippen LogP contribution in [0.3, 0.4) is 0 Å². The Hall–Kier alpha value is -0.790. The lowest BCUT2D eigenvalue weighted by Crippen LogP contribution is -1.92. The summed E-state index contributed by atoms with van der Waals surface area (Å²) in [4.78, 5) is 9.96. The number of rotatable bonds is 5. The molecule has 0 saturated carbocycles. The third kappa shape index (κ3) is 11.2. The summed E-state index contributed by atoms with van der Waals surface area (Å²) in [7, 11) is 0. The molecule has 2 heteroatoms. The molecule has 0 unspecified atom stereocenters. The first kappa shape index (κ1) is 13.2. The minimum atomic E-state index is -0.675. The lowest BCUT2D eigenvalue weighted by Gasteiger charge is -1.92. The van der Waals surface area contributed by atoms with Crippen molar-refractivity contribution in [3.63, 3.8) is 0 Å². The van der Waals surface area contributed by atoms with E-state index in [2.05, 4.69) is 19.1 Å². The van der Waals surface area contributed by atoms with E-state index >= 15 is 0 Å². The molecular formula is C12H22O2. The van der Waals surface area contributed by atoms with Crippen molar-refractivity contribution in [3.05, 3.63) is 12.2 Å². The van der Waals surface area contributed by atoms with Gasteiger partial charge in [0.05, 0.1) is 0 Å². The van der Waals surface area contributed by atoms with Gasteiger partial charge in [0.15, 0.2) is 0 Å². The monoisotopic (exact) mass is 198 g/mol. The molecular weight excluding hydrogens is 176 g/mol. The topological polar surface area (TPSA) is 37.3 Å². The van der Waals surface area contributed by atoms with Crippen LogP contribution in [0, 0.1) is 0 Å². The minimum absolute atomic E-state index is 0.333. The van der Waals surface area contributed by atoms with Gasteiger partial charge in [-0.15, -0.1) is 0 Å². The van der Waals surface area contributed by atoms with E-state index < -0.39 is 5.97 Å². The Morgan fingerprint density at radius 2 is 1.86 bits per heavy atom. The predicted octanol–water partition coefficient (Wildman–Crippen LogP) is 3.77. The quantitative estimate of drug-likeness (QED) is 0.539. The first-order valence-corrected chi connectivity index (χ1v) is 5.64. The number of hydrogen-bond acceptors (Lipinski definition) is 1. The van der Waals surface area contributed by atoms with Gasteiger partial charge < -0.3 is 5.11 Å². The molecule has 14 heavy (non-hydrogen) atoms. The van der Waals surface area contributed by atoms with Crippen LogP contribution in [0.25, 0.3) is 0 Å². The number of carbonyl (C=O) groups is 1. The Balaban J connectivity index is 0.000000280. The zero-order valence-electron chi connectivity index (χ0n) is 9.17. The summed E-state index contributed by atoms with van der Waals surface area (Å²) < 4.78 is 0. The molecule has 1 rings (SSSR count). The van der Waals surface area contributed by atoms with Crippen molar-refractivity contribution in [2.75, 3.05) is 0 Å². The second kappa shape index (κ2) is 10.3. The average Bonchev–Trinajstić information content (AvgIpc) is 2.70. The highest BCUT2D eigenvalue weighted by molar-refractivity contribution is 5.66. The molecule has 1 aliphatic carbocycles. The lowest BCUT2D eigenvalue weighted by molar-refractivity contribution is -0.137. The third-order valence-corrected chi connectivity index (χ3v) is 2.15. The van der Waals surface area contributed by atoms with E-state index in [4.69, 9.17) is 5.11 Å². The molecule has 1 N–H and O–H groups in total. The van der Waals surface area contributed by atoms with E-state index in [1.54, 1.807) is 0 Å². The molecule has 0 heterocycles. The highest BCUT2D eigenvalue weighted by Gasteiger charge is 1.93. The Morgan fingerprint density at radius 3 is 2.21 bits per heavy atom. The van der Waals surface area contributed by atoms with Gasteiger partial charge >= 0.3 is 5.97 Å². The molecule has 0 radical (unpaired) electrons. The summed E-state index contributed by atoms with van der Waals surface area (Å²) in [5.41, 5.74) is 0. The van der Waals surface area contributed by atoms with E-state index in [9.17, 15) is 4.79 Å². The molecule has 1 aliphatic rings. The van der Waals surface area contributed by atoms with E-state index in [0.29, 0.717) is 6.42 Å². The van der Waals surface area contributed by atoms with Crippen LogP contribution in [0.15, 0.2) is 12.2 Å². The van der Waals surface area contributed by atoms with Crippen LogP contribution in [0.5, 0.6) is 0 Å². The van der Waals surface area contributed by atoms with E-state index in [1.165, 1.54) is 25.7 Å². The van der Waals surface area contributed by atoms with Gasteiger partial charge in [-0.1, -0.05) is 38.3 Å². The van der Waals surface area contributed by atoms with Gasteiger partial charge in [0, 0.05) is 6.42 Å². The number of allylic oxidation sites excluding steroid dienone is 2. The number of carboxylic acids is 1. The summed E-state index contributed by atoms with van der Waals surface area (Å²) in [6, 6.07) is 0.